The van der Waals surface area contributed by atoms with Gasteiger partial charge in [-0.25, -0.2) is 15.0 Å². The number of nitrogens with one attached hydrogen (secondary N) is 1. The van der Waals surface area contributed by atoms with Crippen molar-refractivity contribution in [2.75, 3.05) is 24.1 Å². The Morgan fingerprint density at radius 3 is 2.62 bits per heavy atom. The van der Waals surface area contributed by atoms with Gasteiger partial charge in [-0.1, -0.05) is 18.2 Å². The average molecular weight is 508 g/mol. The zero-order chi connectivity index (χ0) is 26.2. The summed E-state index contributed by atoms with van der Waals surface area (Å²) in [5, 5.41) is 2.41. The number of carbonyl (C=O) groups is 1. The van der Waals surface area contributed by atoms with Crippen LogP contribution in [0.1, 0.15) is 40.9 Å². The lowest BCUT2D eigenvalue weighted by Crippen LogP contribution is -2.14. The highest BCUT2D eigenvalue weighted by Crippen LogP contribution is 2.34. The number of anilines is 2. The summed E-state index contributed by atoms with van der Waals surface area (Å²) < 4.78 is 40.7. The Kier molecular flexibility index (Phi) is 6.28. The molecule has 1 saturated heterocycles. The second-order valence-electron chi connectivity index (χ2n) is 8.77. The minimum Gasteiger partial charge on any atom is -0.377 e. The molecule has 190 valence electrons. The Balaban J connectivity index is 1.42. The van der Waals surface area contributed by atoms with Gasteiger partial charge < -0.3 is 16.0 Å². The highest BCUT2D eigenvalue weighted by atomic mass is 19.4. The van der Waals surface area contributed by atoms with Crippen LogP contribution in [0.4, 0.5) is 24.9 Å². The summed E-state index contributed by atoms with van der Waals surface area (Å²) in [4.78, 5) is 27.9. The molecule has 1 aliphatic rings. The number of imidazole rings is 1. The monoisotopic (exact) mass is 507 g/mol. The van der Waals surface area contributed by atoms with Crippen molar-refractivity contribution in [2.24, 2.45) is 0 Å². The number of nitrogens with two attached hydrogens (primary N) is 1. The first kappa shape index (κ1) is 24.3. The number of carbonyl (C=O) groups excluding carboxylic acids is 1. The predicted octanol–water partition coefficient (Wildman–Crippen LogP) is 4.97. The van der Waals surface area contributed by atoms with Crippen LogP contribution >= 0.6 is 0 Å². The minimum absolute atomic E-state index is 0.185. The SMILES string of the molecule is CC=CN1CCC(c2nc(-c3ccc(C(=O)Nc4cc(C(F)(F)F)ccn4)cc3)n3c(N)nccc23)C1. The van der Waals surface area contributed by atoms with E-state index in [0.717, 1.165) is 54.6 Å². The summed E-state index contributed by atoms with van der Waals surface area (Å²) in [6.07, 6.45) is 3.18. The highest BCUT2D eigenvalue weighted by Gasteiger charge is 2.31. The molecule has 1 unspecified atom stereocenters. The lowest BCUT2D eigenvalue weighted by Gasteiger charge is -2.12. The molecule has 11 heteroatoms. The Morgan fingerprint density at radius 2 is 1.89 bits per heavy atom. The fourth-order valence-electron chi connectivity index (χ4n) is 4.57. The van der Waals surface area contributed by atoms with Crippen molar-refractivity contribution in [3.63, 3.8) is 0 Å². The first-order valence-electron chi connectivity index (χ1n) is 11.7. The fraction of sp³-hybridized carbons (Fsp3) is 0.231. The van der Waals surface area contributed by atoms with Crippen LogP contribution in [0.2, 0.25) is 0 Å². The predicted molar refractivity (Wildman–Crippen MR) is 134 cm³/mol. The van der Waals surface area contributed by atoms with E-state index in [2.05, 4.69) is 26.4 Å². The van der Waals surface area contributed by atoms with Gasteiger partial charge in [0.1, 0.15) is 11.6 Å². The quantitative estimate of drug-likeness (QED) is 0.396. The molecular formula is C26H24F3N7O. The average Bonchev–Trinajstić information content (AvgIpc) is 3.49. The summed E-state index contributed by atoms with van der Waals surface area (Å²) in [6.45, 7) is 3.78. The standard InChI is InChI=1S/C26H24F3N7O/c1-2-12-35-13-9-18(15-35)22-20-8-11-32-25(30)36(20)23(34-22)16-3-5-17(6-4-16)24(37)33-21-14-19(7-10-31-21)26(27,28)29/h2-8,10-12,14,18H,9,13,15H2,1H3,(H2,30,32)(H,31,33,37). The molecular weight excluding hydrogens is 483 g/mol. The van der Waals surface area contributed by atoms with Crippen molar-refractivity contribution in [3.8, 4) is 11.4 Å². The molecule has 3 N–H and O–H groups in total. The summed E-state index contributed by atoms with van der Waals surface area (Å²) in [6, 6.07) is 10.1. The summed E-state index contributed by atoms with van der Waals surface area (Å²) in [5.41, 5.74) is 8.13. The van der Waals surface area contributed by atoms with E-state index in [1.165, 1.54) is 0 Å². The first-order valence-corrected chi connectivity index (χ1v) is 11.7. The van der Waals surface area contributed by atoms with Gasteiger partial charge in [0.15, 0.2) is 0 Å². The first-order chi connectivity index (χ1) is 17.7. The van der Waals surface area contributed by atoms with Crippen LogP contribution in [0.15, 0.2) is 67.1 Å². The van der Waals surface area contributed by atoms with Crippen molar-refractivity contribution >= 4 is 23.2 Å². The lowest BCUT2D eigenvalue weighted by atomic mass is 10.0. The molecule has 3 aromatic heterocycles. The normalized spacial score (nSPS) is 16.1. The third-order valence-electron chi connectivity index (χ3n) is 6.31. The van der Waals surface area contributed by atoms with Gasteiger partial charge in [-0.2, -0.15) is 13.2 Å². The van der Waals surface area contributed by atoms with Crippen LogP contribution < -0.4 is 11.1 Å². The number of hydrogen-bond acceptors (Lipinski definition) is 6. The number of allylic oxidation sites excluding steroid dienone is 1. The third kappa shape index (κ3) is 4.84. The molecule has 5 rings (SSSR count). The van der Waals surface area contributed by atoms with E-state index in [-0.39, 0.29) is 17.3 Å². The van der Waals surface area contributed by atoms with E-state index in [9.17, 15) is 18.0 Å². The smallest absolute Gasteiger partial charge is 0.377 e. The second kappa shape index (κ2) is 9.57. The number of alkyl halides is 3. The molecule has 1 aromatic carbocycles. The number of nitrogen functional groups attached to an aromatic ring is 1. The molecule has 1 aliphatic heterocycles. The van der Waals surface area contributed by atoms with E-state index in [1.807, 2.05) is 19.1 Å². The number of rotatable bonds is 5. The summed E-state index contributed by atoms with van der Waals surface area (Å²) in [7, 11) is 0. The molecule has 8 nitrogen and oxygen atoms in total. The maximum Gasteiger partial charge on any atom is 0.416 e. The van der Waals surface area contributed by atoms with Gasteiger partial charge in [0.2, 0.25) is 5.95 Å². The molecule has 4 heterocycles. The van der Waals surface area contributed by atoms with Crippen LogP contribution in [-0.4, -0.2) is 43.2 Å². The molecule has 37 heavy (non-hydrogen) atoms. The number of likely N-dealkylation sites (tertiary alicyclic amines) is 1. The molecule has 0 saturated carbocycles. The van der Waals surface area contributed by atoms with Crippen molar-refractivity contribution in [2.45, 2.75) is 25.4 Å². The number of nitrogens with zero attached hydrogens (tertiary/aromatic N) is 5. The zero-order valence-corrected chi connectivity index (χ0v) is 19.9. The Bertz CT molecular complexity index is 1480. The third-order valence-corrected chi connectivity index (χ3v) is 6.31. The number of pyridine rings is 1. The lowest BCUT2D eigenvalue weighted by molar-refractivity contribution is -0.137. The van der Waals surface area contributed by atoms with Gasteiger partial charge in [0.05, 0.1) is 16.8 Å². The number of hydrogen-bond donors (Lipinski definition) is 2. The van der Waals surface area contributed by atoms with Gasteiger partial charge in [-0.15, -0.1) is 0 Å². The van der Waals surface area contributed by atoms with Crippen LogP contribution in [-0.2, 0) is 6.18 Å². The Labute approximate surface area is 210 Å². The molecule has 4 aromatic rings. The zero-order valence-electron chi connectivity index (χ0n) is 19.9. The van der Waals surface area contributed by atoms with E-state index in [4.69, 9.17) is 10.7 Å². The molecule has 1 fully saturated rings. The number of fused-ring (bicyclic) bond motifs is 1. The van der Waals surface area contributed by atoms with Gasteiger partial charge in [-0.05, 0) is 49.9 Å². The summed E-state index contributed by atoms with van der Waals surface area (Å²) in [5.74, 6) is 0.365. The van der Waals surface area contributed by atoms with Gasteiger partial charge in [0, 0.05) is 42.5 Å². The molecule has 0 bridgehead atoms. The summed E-state index contributed by atoms with van der Waals surface area (Å²) >= 11 is 0. The Morgan fingerprint density at radius 1 is 1.14 bits per heavy atom. The molecule has 1 amide bonds. The number of aromatic nitrogens is 4. The topological polar surface area (TPSA) is 101 Å². The second-order valence-corrected chi connectivity index (χ2v) is 8.77. The van der Waals surface area contributed by atoms with Gasteiger partial charge in [-0.3, -0.25) is 9.20 Å². The van der Waals surface area contributed by atoms with Crippen LogP contribution in [0, 0.1) is 0 Å². The molecule has 0 radical (unpaired) electrons. The minimum atomic E-state index is -4.53. The van der Waals surface area contributed by atoms with Crippen LogP contribution in [0.3, 0.4) is 0 Å². The molecule has 0 spiro atoms. The van der Waals surface area contributed by atoms with Crippen LogP contribution in [0.5, 0.6) is 0 Å². The maximum atomic E-state index is 13.0. The van der Waals surface area contributed by atoms with E-state index >= 15 is 0 Å². The Hall–Kier alpha value is -4.41. The number of benzene rings is 1. The largest absolute Gasteiger partial charge is 0.416 e. The number of halogens is 3. The van der Waals surface area contributed by atoms with Crippen molar-refractivity contribution in [1.82, 2.24) is 24.3 Å². The van der Waals surface area contributed by atoms with Crippen molar-refractivity contribution in [1.29, 1.82) is 0 Å². The van der Waals surface area contributed by atoms with Crippen LogP contribution in [0.25, 0.3) is 16.9 Å². The van der Waals surface area contributed by atoms with E-state index < -0.39 is 17.6 Å². The highest BCUT2D eigenvalue weighted by molar-refractivity contribution is 6.04. The maximum absolute atomic E-state index is 13.0. The van der Waals surface area contributed by atoms with E-state index in [0.29, 0.717) is 11.8 Å². The fourth-order valence-corrected chi connectivity index (χ4v) is 4.57. The van der Waals surface area contributed by atoms with Gasteiger partial charge in [0.25, 0.3) is 5.91 Å². The molecule has 1 atom stereocenters. The van der Waals surface area contributed by atoms with Crippen molar-refractivity contribution in [3.05, 3.63) is 84.0 Å². The van der Waals surface area contributed by atoms with Crippen molar-refractivity contribution < 1.29 is 18.0 Å². The van der Waals surface area contributed by atoms with E-state index in [1.54, 1.807) is 34.9 Å². The number of amides is 1. The molecule has 0 aliphatic carbocycles. The van der Waals surface area contributed by atoms with Gasteiger partial charge >= 0.3 is 6.18 Å².